The largest absolute Gasteiger partial charge is 0.333 e. The molecule has 6 nitrogen and oxygen atoms in total. The Balaban J connectivity index is 2.56. The molecule has 2 amide bonds. The quantitative estimate of drug-likeness (QED) is 0.866. The van der Waals surface area contributed by atoms with Crippen LogP contribution in [0.3, 0.4) is 0 Å². The average Bonchev–Trinajstić information content (AvgIpc) is 2.24. The minimum atomic E-state index is -3.04. The number of aryl methyl sites for hydroxylation is 1. The number of nitrogens with one attached hydrogen (secondary N) is 2. The van der Waals surface area contributed by atoms with Gasteiger partial charge in [0.05, 0.1) is 5.75 Å². The van der Waals surface area contributed by atoms with Crippen molar-refractivity contribution in [3.63, 3.8) is 0 Å². The number of carbonyl (C=O) groups excluding carboxylic acids is 1. The summed E-state index contributed by atoms with van der Waals surface area (Å²) in [7, 11) is -3.04. The van der Waals surface area contributed by atoms with Crippen LogP contribution in [0.1, 0.15) is 26.0 Å². The number of urea groups is 1. The average molecular weight is 299 g/mol. The van der Waals surface area contributed by atoms with Crippen molar-refractivity contribution in [1.29, 1.82) is 0 Å². The van der Waals surface area contributed by atoms with Crippen LogP contribution in [0, 0.1) is 6.92 Å². The number of aromatic nitrogens is 1. The zero-order valence-corrected chi connectivity index (χ0v) is 13.0. The Hall–Kier alpha value is -1.63. The highest BCUT2D eigenvalue weighted by molar-refractivity contribution is 7.90. The molecule has 0 radical (unpaired) electrons. The second kappa shape index (κ2) is 6.21. The predicted molar refractivity (Wildman–Crippen MR) is 79.5 cm³/mol. The maximum absolute atomic E-state index is 11.9. The molecule has 0 saturated carbocycles. The van der Waals surface area contributed by atoms with Gasteiger partial charge in [-0.3, -0.25) is 5.32 Å². The van der Waals surface area contributed by atoms with Crippen molar-refractivity contribution in [2.45, 2.75) is 32.7 Å². The fourth-order valence-corrected chi connectivity index (χ4v) is 2.45. The minimum Gasteiger partial charge on any atom is -0.333 e. The van der Waals surface area contributed by atoms with Crippen LogP contribution in [0.2, 0.25) is 0 Å². The zero-order valence-electron chi connectivity index (χ0n) is 12.2. The van der Waals surface area contributed by atoms with Crippen molar-refractivity contribution >= 4 is 21.7 Å². The highest BCUT2D eigenvalue weighted by atomic mass is 32.2. The highest BCUT2D eigenvalue weighted by Gasteiger charge is 2.22. The van der Waals surface area contributed by atoms with Gasteiger partial charge in [-0.05, 0) is 39.3 Å². The van der Waals surface area contributed by atoms with Gasteiger partial charge in [0.25, 0.3) is 0 Å². The van der Waals surface area contributed by atoms with Gasteiger partial charge in [0.1, 0.15) is 15.7 Å². The monoisotopic (exact) mass is 299 g/mol. The van der Waals surface area contributed by atoms with Crippen LogP contribution in [-0.4, -0.2) is 37.0 Å². The van der Waals surface area contributed by atoms with Crippen LogP contribution in [0.4, 0.5) is 10.6 Å². The number of pyridine rings is 1. The predicted octanol–water partition coefficient (Wildman–Crippen LogP) is 1.72. The Morgan fingerprint density at radius 3 is 2.55 bits per heavy atom. The Morgan fingerprint density at radius 1 is 1.35 bits per heavy atom. The summed E-state index contributed by atoms with van der Waals surface area (Å²) in [6.07, 6.45) is 1.53. The van der Waals surface area contributed by atoms with Crippen LogP contribution in [-0.2, 0) is 9.84 Å². The second-order valence-corrected chi connectivity index (χ2v) is 7.77. The summed E-state index contributed by atoms with van der Waals surface area (Å²) in [6.45, 7) is 5.39. The molecule has 0 aliphatic carbocycles. The number of hydrogen-bond donors (Lipinski definition) is 2. The standard InChI is InChI=1S/C13H21N3O3S/c1-10-6-5-7-11(14-10)15-12(17)16-13(2,3)8-9-20(4,18)19/h5-7H,8-9H2,1-4H3,(H2,14,15,16,17). The Morgan fingerprint density at radius 2 is 2.00 bits per heavy atom. The number of hydrogen-bond acceptors (Lipinski definition) is 4. The number of rotatable bonds is 5. The molecule has 1 heterocycles. The van der Waals surface area contributed by atoms with Gasteiger partial charge >= 0.3 is 6.03 Å². The summed E-state index contributed by atoms with van der Waals surface area (Å²) in [4.78, 5) is 16.0. The van der Waals surface area contributed by atoms with Crippen molar-refractivity contribution in [2.75, 3.05) is 17.3 Å². The third kappa shape index (κ3) is 6.51. The zero-order chi connectivity index (χ0) is 15.4. The van der Waals surface area contributed by atoms with Gasteiger partial charge in [-0.2, -0.15) is 0 Å². The molecule has 0 bridgehead atoms. The van der Waals surface area contributed by atoms with Gasteiger partial charge in [-0.1, -0.05) is 6.07 Å². The molecule has 0 aliphatic rings. The lowest BCUT2D eigenvalue weighted by Gasteiger charge is -2.25. The van der Waals surface area contributed by atoms with Crippen LogP contribution < -0.4 is 10.6 Å². The summed E-state index contributed by atoms with van der Waals surface area (Å²) in [5.74, 6) is 0.490. The van der Waals surface area contributed by atoms with Gasteiger partial charge in [-0.25, -0.2) is 18.2 Å². The lowest BCUT2D eigenvalue weighted by molar-refractivity contribution is 0.240. The molecule has 0 atom stereocenters. The van der Waals surface area contributed by atoms with E-state index in [1.807, 2.05) is 13.0 Å². The van der Waals surface area contributed by atoms with Crippen molar-refractivity contribution in [3.05, 3.63) is 23.9 Å². The maximum Gasteiger partial charge on any atom is 0.320 e. The maximum atomic E-state index is 11.9. The topological polar surface area (TPSA) is 88.2 Å². The number of amides is 2. The van der Waals surface area contributed by atoms with E-state index in [-0.39, 0.29) is 5.75 Å². The summed E-state index contributed by atoms with van der Waals surface area (Å²) < 4.78 is 22.3. The molecular formula is C13H21N3O3S. The van der Waals surface area contributed by atoms with Crippen LogP contribution in [0.25, 0.3) is 0 Å². The summed E-state index contributed by atoms with van der Waals surface area (Å²) in [5.41, 5.74) is 0.191. The first kappa shape index (κ1) is 16.4. The molecule has 0 unspecified atom stereocenters. The van der Waals surface area contributed by atoms with E-state index in [4.69, 9.17) is 0 Å². The van der Waals surface area contributed by atoms with E-state index in [9.17, 15) is 13.2 Å². The smallest absolute Gasteiger partial charge is 0.320 e. The Kier molecular flexibility index (Phi) is 5.10. The lowest BCUT2D eigenvalue weighted by Crippen LogP contribution is -2.46. The van der Waals surface area contributed by atoms with Gasteiger partial charge < -0.3 is 5.32 Å². The van der Waals surface area contributed by atoms with Crippen molar-refractivity contribution in [1.82, 2.24) is 10.3 Å². The number of anilines is 1. The SMILES string of the molecule is Cc1cccc(NC(=O)NC(C)(C)CCS(C)(=O)=O)n1. The van der Waals surface area contributed by atoms with Crippen LogP contribution in [0.15, 0.2) is 18.2 Å². The summed E-state index contributed by atoms with van der Waals surface area (Å²) in [5, 5.41) is 5.37. The van der Waals surface area contributed by atoms with Crippen molar-refractivity contribution in [3.8, 4) is 0 Å². The van der Waals surface area contributed by atoms with Gasteiger partial charge in [0, 0.05) is 17.5 Å². The highest BCUT2D eigenvalue weighted by Crippen LogP contribution is 2.11. The number of carbonyl (C=O) groups is 1. The molecule has 0 aliphatic heterocycles. The molecule has 0 spiro atoms. The molecule has 7 heteroatoms. The molecule has 1 aromatic rings. The van der Waals surface area contributed by atoms with E-state index in [0.29, 0.717) is 12.2 Å². The van der Waals surface area contributed by atoms with Gasteiger partial charge in [0.15, 0.2) is 0 Å². The lowest BCUT2D eigenvalue weighted by atomic mass is 10.0. The molecule has 1 aromatic heterocycles. The van der Waals surface area contributed by atoms with E-state index in [2.05, 4.69) is 15.6 Å². The summed E-state index contributed by atoms with van der Waals surface area (Å²) >= 11 is 0. The fraction of sp³-hybridized carbons (Fsp3) is 0.538. The first-order valence-corrected chi connectivity index (χ1v) is 8.34. The fourth-order valence-electron chi connectivity index (χ4n) is 1.57. The van der Waals surface area contributed by atoms with Crippen molar-refractivity contribution < 1.29 is 13.2 Å². The van der Waals surface area contributed by atoms with Crippen LogP contribution >= 0.6 is 0 Å². The molecule has 2 N–H and O–H groups in total. The van der Waals surface area contributed by atoms with Crippen LogP contribution in [0.5, 0.6) is 0 Å². The molecule has 1 rings (SSSR count). The normalized spacial score (nSPS) is 12.0. The first-order valence-electron chi connectivity index (χ1n) is 6.28. The van der Waals surface area contributed by atoms with E-state index in [0.717, 1.165) is 5.69 Å². The molecule has 0 saturated heterocycles. The Bertz CT molecular complexity index is 582. The molecule has 112 valence electrons. The van der Waals surface area contributed by atoms with E-state index >= 15 is 0 Å². The third-order valence-electron chi connectivity index (χ3n) is 2.68. The Labute approximate surface area is 119 Å². The number of nitrogens with zero attached hydrogens (tertiary/aromatic N) is 1. The van der Waals surface area contributed by atoms with E-state index < -0.39 is 21.4 Å². The first-order chi connectivity index (χ1) is 9.07. The molecule has 20 heavy (non-hydrogen) atoms. The molecular weight excluding hydrogens is 278 g/mol. The second-order valence-electron chi connectivity index (χ2n) is 5.51. The number of sulfone groups is 1. The molecule has 0 aromatic carbocycles. The van der Waals surface area contributed by atoms with E-state index in [1.165, 1.54) is 6.26 Å². The van der Waals surface area contributed by atoms with Crippen molar-refractivity contribution in [2.24, 2.45) is 0 Å². The van der Waals surface area contributed by atoms with Gasteiger partial charge in [-0.15, -0.1) is 0 Å². The molecule has 0 fully saturated rings. The van der Waals surface area contributed by atoms with E-state index in [1.54, 1.807) is 26.0 Å². The minimum absolute atomic E-state index is 0.0307. The third-order valence-corrected chi connectivity index (χ3v) is 3.63. The van der Waals surface area contributed by atoms with Gasteiger partial charge in [0.2, 0.25) is 0 Å². The summed E-state index contributed by atoms with van der Waals surface area (Å²) in [6, 6.07) is 4.92.